The molecular weight excluding hydrogens is 276 g/mol. The van der Waals surface area contributed by atoms with Crippen molar-refractivity contribution in [2.24, 2.45) is 0 Å². The van der Waals surface area contributed by atoms with E-state index in [2.05, 4.69) is 31.3 Å². The highest BCUT2D eigenvalue weighted by molar-refractivity contribution is 5.76. The Kier molecular flexibility index (Phi) is 6.25. The van der Waals surface area contributed by atoms with Gasteiger partial charge in [0.2, 0.25) is 5.91 Å². The minimum absolute atomic E-state index is 0.269. The maximum Gasteiger partial charge on any atom is 0.222 e. The first-order valence-corrected chi connectivity index (χ1v) is 8.27. The van der Waals surface area contributed by atoms with E-state index in [0.717, 1.165) is 44.8 Å². The second kappa shape index (κ2) is 8.18. The van der Waals surface area contributed by atoms with Gasteiger partial charge in [0.1, 0.15) is 5.75 Å². The van der Waals surface area contributed by atoms with Gasteiger partial charge in [0.15, 0.2) is 0 Å². The number of aryl methyl sites for hydroxylation is 1. The third-order valence-corrected chi connectivity index (χ3v) is 4.24. The fourth-order valence-corrected chi connectivity index (χ4v) is 2.90. The van der Waals surface area contributed by atoms with Crippen LogP contribution in [0.2, 0.25) is 0 Å². The van der Waals surface area contributed by atoms with E-state index in [-0.39, 0.29) is 5.91 Å². The predicted molar refractivity (Wildman–Crippen MR) is 89.5 cm³/mol. The molecule has 0 bridgehead atoms. The summed E-state index contributed by atoms with van der Waals surface area (Å²) < 4.78 is 5.41. The third-order valence-electron chi connectivity index (χ3n) is 4.24. The molecule has 0 aliphatic carbocycles. The Bertz CT molecular complexity index is 492. The van der Waals surface area contributed by atoms with Gasteiger partial charge in [-0.2, -0.15) is 0 Å². The summed E-state index contributed by atoms with van der Waals surface area (Å²) in [4.78, 5) is 14.3. The molecule has 4 nitrogen and oxygen atoms in total. The number of benzene rings is 1. The predicted octanol–water partition coefficient (Wildman–Crippen LogP) is 2.57. The highest BCUT2D eigenvalue weighted by Gasteiger charge is 2.15. The molecule has 122 valence electrons. The molecule has 0 saturated carbocycles. The topological polar surface area (TPSA) is 41.6 Å². The normalized spacial score (nSPS) is 15.7. The van der Waals surface area contributed by atoms with Crippen molar-refractivity contribution < 1.29 is 9.53 Å². The van der Waals surface area contributed by atoms with Crippen molar-refractivity contribution >= 4 is 5.91 Å². The second-order valence-electron chi connectivity index (χ2n) is 6.22. The largest absolute Gasteiger partial charge is 0.496 e. The van der Waals surface area contributed by atoms with Gasteiger partial charge >= 0.3 is 0 Å². The van der Waals surface area contributed by atoms with Gasteiger partial charge < -0.3 is 15.0 Å². The van der Waals surface area contributed by atoms with Crippen LogP contribution < -0.4 is 10.1 Å². The highest BCUT2D eigenvalue weighted by Crippen LogP contribution is 2.27. The Morgan fingerprint density at radius 3 is 2.86 bits per heavy atom. The van der Waals surface area contributed by atoms with E-state index in [1.165, 1.54) is 11.1 Å². The standard InChI is InChI=1S/C18H28N2O2/c1-14(2)16-13-15(5-7-17(16)22-3)6-8-18(21)20-11-4-9-19-10-12-20/h5,7,13-14,19H,4,6,8-12H2,1-3H3. The number of nitrogens with one attached hydrogen (secondary N) is 1. The van der Waals surface area contributed by atoms with E-state index >= 15 is 0 Å². The minimum atomic E-state index is 0.269. The molecule has 2 rings (SSSR count). The first-order chi connectivity index (χ1) is 10.6. The molecule has 0 unspecified atom stereocenters. The summed E-state index contributed by atoms with van der Waals surface area (Å²) in [5, 5.41) is 3.33. The van der Waals surface area contributed by atoms with E-state index in [4.69, 9.17) is 4.74 Å². The lowest BCUT2D eigenvalue weighted by Crippen LogP contribution is -2.34. The smallest absolute Gasteiger partial charge is 0.222 e. The lowest BCUT2D eigenvalue weighted by Gasteiger charge is -2.20. The third kappa shape index (κ3) is 4.47. The van der Waals surface area contributed by atoms with Crippen LogP contribution in [0.5, 0.6) is 5.75 Å². The molecule has 4 heteroatoms. The first kappa shape index (κ1) is 16.8. The summed E-state index contributed by atoms with van der Waals surface area (Å²) in [6.07, 6.45) is 2.43. The van der Waals surface area contributed by atoms with E-state index < -0.39 is 0 Å². The van der Waals surface area contributed by atoms with E-state index in [0.29, 0.717) is 12.3 Å². The quantitative estimate of drug-likeness (QED) is 0.909. The Morgan fingerprint density at radius 2 is 2.14 bits per heavy atom. The van der Waals surface area contributed by atoms with Gasteiger partial charge in [-0.1, -0.05) is 26.0 Å². The molecule has 1 aliphatic rings. The molecule has 0 spiro atoms. The molecular formula is C18H28N2O2. The lowest BCUT2D eigenvalue weighted by molar-refractivity contribution is -0.130. The van der Waals surface area contributed by atoms with Gasteiger partial charge in [0.25, 0.3) is 0 Å². The minimum Gasteiger partial charge on any atom is -0.496 e. The van der Waals surface area contributed by atoms with Crippen LogP contribution in [-0.2, 0) is 11.2 Å². The van der Waals surface area contributed by atoms with Gasteiger partial charge in [0.05, 0.1) is 7.11 Å². The van der Waals surface area contributed by atoms with Crippen LogP contribution in [0.3, 0.4) is 0 Å². The number of nitrogens with zero attached hydrogens (tertiary/aromatic N) is 1. The SMILES string of the molecule is COc1ccc(CCC(=O)N2CCCNCC2)cc1C(C)C. The Morgan fingerprint density at radius 1 is 1.32 bits per heavy atom. The zero-order chi connectivity index (χ0) is 15.9. The number of carbonyl (C=O) groups is 1. The maximum absolute atomic E-state index is 12.3. The zero-order valence-corrected chi connectivity index (χ0v) is 14.0. The Labute approximate surface area is 133 Å². The Balaban J connectivity index is 1.95. The number of hydrogen-bond acceptors (Lipinski definition) is 3. The molecule has 1 N–H and O–H groups in total. The van der Waals surface area contributed by atoms with Gasteiger partial charge in [-0.3, -0.25) is 4.79 Å². The molecule has 1 aliphatic heterocycles. The van der Waals surface area contributed by atoms with Crippen molar-refractivity contribution in [2.75, 3.05) is 33.3 Å². The van der Waals surface area contributed by atoms with Crippen molar-refractivity contribution in [3.63, 3.8) is 0 Å². The molecule has 1 aromatic carbocycles. The van der Waals surface area contributed by atoms with Crippen molar-refractivity contribution in [1.29, 1.82) is 0 Å². The number of ether oxygens (including phenoxy) is 1. The van der Waals surface area contributed by atoms with Crippen LogP contribution in [0, 0.1) is 0 Å². The average molecular weight is 304 g/mol. The summed E-state index contributed by atoms with van der Waals surface area (Å²) in [5.41, 5.74) is 2.43. The van der Waals surface area contributed by atoms with E-state index in [1.807, 2.05) is 11.0 Å². The number of carbonyl (C=O) groups excluding carboxylic acids is 1. The highest BCUT2D eigenvalue weighted by atomic mass is 16.5. The van der Waals surface area contributed by atoms with Crippen molar-refractivity contribution in [3.8, 4) is 5.75 Å². The summed E-state index contributed by atoms with van der Waals surface area (Å²) >= 11 is 0. The fourth-order valence-electron chi connectivity index (χ4n) is 2.90. The average Bonchev–Trinajstić information content (AvgIpc) is 2.81. The van der Waals surface area contributed by atoms with Crippen LogP contribution in [0.25, 0.3) is 0 Å². The van der Waals surface area contributed by atoms with Crippen LogP contribution in [0.15, 0.2) is 18.2 Å². The molecule has 1 saturated heterocycles. The van der Waals surface area contributed by atoms with Crippen molar-refractivity contribution in [1.82, 2.24) is 10.2 Å². The molecule has 0 aromatic heterocycles. The molecule has 0 atom stereocenters. The van der Waals surface area contributed by atoms with Gasteiger partial charge in [0, 0.05) is 26.1 Å². The lowest BCUT2D eigenvalue weighted by atomic mass is 9.97. The Hall–Kier alpha value is -1.55. The summed E-state index contributed by atoms with van der Waals surface area (Å²) in [6, 6.07) is 6.27. The summed E-state index contributed by atoms with van der Waals surface area (Å²) in [7, 11) is 1.71. The molecule has 1 aromatic rings. The van der Waals surface area contributed by atoms with Crippen LogP contribution in [0.4, 0.5) is 0 Å². The molecule has 22 heavy (non-hydrogen) atoms. The van der Waals surface area contributed by atoms with E-state index in [1.54, 1.807) is 7.11 Å². The van der Waals surface area contributed by atoms with Crippen LogP contribution in [-0.4, -0.2) is 44.1 Å². The summed E-state index contributed by atoms with van der Waals surface area (Å²) in [5.74, 6) is 1.62. The number of methoxy groups -OCH3 is 1. The zero-order valence-electron chi connectivity index (χ0n) is 14.0. The first-order valence-electron chi connectivity index (χ1n) is 8.27. The van der Waals surface area contributed by atoms with Gasteiger partial charge in [-0.25, -0.2) is 0 Å². The van der Waals surface area contributed by atoms with Crippen molar-refractivity contribution in [2.45, 2.75) is 39.0 Å². The van der Waals surface area contributed by atoms with Crippen molar-refractivity contribution in [3.05, 3.63) is 29.3 Å². The second-order valence-corrected chi connectivity index (χ2v) is 6.22. The summed E-state index contributed by atoms with van der Waals surface area (Å²) in [6.45, 7) is 7.96. The number of rotatable bonds is 5. The molecule has 1 heterocycles. The van der Waals surface area contributed by atoms with Gasteiger partial charge in [-0.15, -0.1) is 0 Å². The maximum atomic E-state index is 12.3. The molecule has 0 radical (unpaired) electrons. The molecule has 1 fully saturated rings. The van der Waals surface area contributed by atoms with Crippen LogP contribution >= 0.6 is 0 Å². The van der Waals surface area contributed by atoms with Crippen LogP contribution in [0.1, 0.15) is 43.7 Å². The monoisotopic (exact) mass is 304 g/mol. The number of hydrogen-bond donors (Lipinski definition) is 1. The number of amides is 1. The van der Waals surface area contributed by atoms with E-state index in [9.17, 15) is 4.79 Å². The molecule has 1 amide bonds. The van der Waals surface area contributed by atoms with Gasteiger partial charge in [-0.05, 0) is 42.5 Å². The fraction of sp³-hybridized carbons (Fsp3) is 0.611.